The lowest BCUT2D eigenvalue weighted by atomic mass is 9.95. The Morgan fingerprint density at radius 3 is 2.21 bits per heavy atom. The van der Waals surface area contributed by atoms with E-state index in [2.05, 4.69) is 20.7 Å². The molecule has 4 rings (SSSR count). The van der Waals surface area contributed by atoms with Crippen LogP contribution in [-0.2, 0) is 15.1 Å². The largest absolute Gasteiger partial charge is 0.453 e. The summed E-state index contributed by atoms with van der Waals surface area (Å²) >= 11 is 0. The number of fused-ring (bicyclic) bond motifs is 1. The summed E-state index contributed by atoms with van der Waals surface area (Å²) in [6.07, 6.45) is -0.585. The van der Waals surface area contributed by atoms with Gasteiger partial charge in [-0.25, -0.2) is 9.18 Å². The Labute approximate surface area is 196 Å². The van der Waals surface area contributed by atoms with Crippen LogP contribution in [0.25, 0.3) is 11.3 Å². The fourth-order valence-electron chi connectivity index (χ4n) is 3.69. The summed E-state index contributed by atoms with van der Waals surface area (Å²) in [4.78, 5) is 24.5. The highest BCUT2D eigenvalue weighted by Crippen LogP contribution is 2.38. The normalized spacial score (nSPS) is 14.2. The molecule has 1 aliphatic heterocycles. The highest BCUT2D eigenvalue weighted by molar-refractivity contribution is 6.37. The van der Waals surface area contributed by atoms with Crippen molar-refractivity contribution in [2.75, 3.05) is 23.1 Å². The first-order chi connectivity index (χ1) is 16.2. The zero-order valence-electron chi connectivity index (χ0n) is 19.0. The third-order valence-electron chi connectivity index (χ3n) is 5.48. The number of halogens is 1. The van der Waals surface area contributed by atoms with Gasteiger partial charge in [0.05, 0.1) is 24.1 Å². The standard InChI is InChI=1S/C26H25FN4O3/c1-26(2,28)16-6-11-18(12-7-16)29-23(15-4-9-19(10-5-15)30-25(33)34-3)22-20-13-8-17(27)14-21(20)31-24(22)32/h4-14,29H,28H2,1-3H3,(H,30,33)(H,31,32)/b23-22-. The number of anilines is 3. The smallest absolute Gasteiger partial charge is 0.411 e. The molecule has 0 aliphatic carbocycles. The van der Waals surface area contributed by atoms with E-state index in [9.17, 15) is 14.0 Å². The van der Waals surface area contributed by atoms with Crippen molar-refractivity contribution in [1.82, 2.24) is 0 Å². The second kappa shape index (κ2) is 8.99. The fourth-order valence-corrected chi connectivity index (χ4v) is 3.69. The number of hydrogen-bond donors (Lipinski definition) is 4. The van der Waals surface area contributed by atoms with Gasteiger partial charge in [-0.1, -0.05) is 24.3 Å². The number of carbonyl (C=O) groups is 2. The van der Waals surface area contributed by atoms with E-state index in [0.717, 1.165) is 11.3 Å². The van der Waals surface area contributed by atoms with Gasteiger partial charge >= 0.3 is 6.09 Å². The molecule has 5 N–H and O–H groups in total. The molecule has 3 aromatic rings. The minimum absolute atomic E-state index is 0.348. The number of rotatable bonds is 5. The van der Waals surface area contributed by atoms with E-state index in [4.69, 9.17) is 5.73 Å². The van der Waals surface area contributed by atoms with Gasteiger partial charge < -0.3 is 21.1 Å². The molecule has 0 unspecified atom stereocenters. The zero-order valence-corrected chi connectivity index (χ0v) is 19.0. The number of amides is 2. The van der Waals surface area contributed by atoms with Crippen LogP contribution in [0.2, 0.25) is 0 Å². The van der Waals surface area contributed by atoms with E-state index >= 15 is 0 Å². The first-order valence-corrected chi connectivity index (χ1v) is 10.6. The molecule has 0 saturated heterocycles. The first kappa shape index (κ1) is 23.0. The van der Waals surface area contributed by atoms with Crippen molar-refractivity contribution in [1.29, 1.82) is 0 Å². The lowest BCUT2D eigenvalue weighted by Crippen LogP contribution is -2.28. The number of carbonyl (C=O) groups excluding carboxylic acids is 2. The van der Waals surface area contributed by atoms with Crippen molar-refractivity contribution in [3.8, 4) is 0 Å². The Balaban J connectivity index is 1.79. The highest BCUT2D eigenvalue weighted by atomic mass is 19.1. The molecule has 0 aromatic heterocycles. The molecule has 0 fully saturated rings. The van der Waals surface area contributed by atoms with Gasteiger partial charge in [-0.05, 0) is 67.4 Å². The summed E-state index contributed by atoms with van der Waals surface area (Å²) < 4.78 is 18.4. The molecule has 1 heterocycles. The van der Waals surface area contributed by atoms with Crippen molar-refractivity contribution >= 4 is 40.3 Å². The summed E-state index contributed by atoms with van der Waals surface area (Å²) in [5, 5.41) is 8.67. The quantitative estimate of drug-likeness (QED) is 0.395. The number of methoxy groups -OCH3 is 1. The molecule has 2 amide bonds. The summed E-state index contributed by atoms with van der Waals surface area (Å²) in [6.45, 7) is 3.84. The Bertz CT molecular complexity index is 1280. The van der Waals surface area contributed by atoms with E-state index in [1.807, 2.05) is 38.1 Å². The SMILES string of the molecule is COC(=O)Nc1ccc(/C(Nc2ccc(C(C)(C)N)cc2)=C2/C(=O)Nc3cc(F)ccc32)cc1. The molecule has 1 aliphatic rings. The number of ether oxygens (including phenoxy) is 1. The van der Waals surface area contributed by atoms with Gasteiger partial charge in [0.25, 0.3) is 5.91 Å². The second-order valence-electron chi connectivity index (χ2n) is 8.51. The summed E-state index contributed by atoms with van der Waals surface area (Å²) in [6, 6.07) is 18.7. The fraction of sp³-hybridized carbons (Fsp3) is 0.154. The maximum absolute atomic E-state index is 13.8. The molecule has 174 valence electrons. The Morgan fingerprint density at radius 1 is 0.971 bits per heavy atom. The third kappa shape index (κ3) is 4.77. The van der Waals surface area contributed by atoms with Gasteiger partial charge in [0.15, 0.2) is 0 Å². The molecule has 0 saturated carbocycles. The molecule has 0 spiro atoms. The minimum Gasteiger partial charge on any atom is -0.453 e. The Hall–Kier alpha value is -4.17. The monoisotopic (exact) mass is 460 g/mol. The van der Waals surface area contributed by atoms with Crippen molar-refractivity contribution < 1.29 is 18.7 Å². The van der Waals surface area contributed by atoms with Crippen LogP contribution in [-0.4, -0.2) is 19.1 Å². The summed E-state index contributed by atoms with van der Waals surface area (Å²) in [5.41, 5.74) is 10.5. The van der Waals surface area contributed by atoms with Crippen LogP contribution in [0, 0.1) is 5.82 Å². The maximum Gasteiger partial charge on any atom is 0.411 e. The van der Waals surface area contributed by atoms with Gasteiger partial charge in [0, 0.05) is 22.5 Å². The van der Waals surface area contributed by atoms with Crippen LogP contribution < -0.4 is 21.7 Å². The lowest BCUT2D eigenvalue weighted by molar-refractivity contribution is -0.110. The van der Waals surface area contributed by atoms with E-state index in [0.29, 0.717) is 33.8 Å². The Kier molecular flexibility index (Phi) is 6.08. The summed E-state index contributed by atoms with van der Waals surface area (Å²) in [7, 11) is 1.28. The molecule has 8 heteroatoms. The number of benzene rings is 3. The van der Waals surface area contributed by atoms with E-state index in [-0.39, 0.29) is 5.91 Å². The molecule has 0 bridgehead atoms. The Morgan fingerprint density at radius 2 is 1.59 bits per heavy atom. The number of nitrogens with one attached hydrogen (secondary N) is 3. The van der Waals surface area contributed by atoms with E-state index in [1.165, 1.54) is 19.2 Å². The molecular formula is C26H25FN4O3. The van der Waals surface area contributed by atoms with Gasteiger partial charge in [0.2, 0.25) is 0 Å². The van der Waals surface area contributed by atoms with Crippen LogP contribution >= 0.6 is 0 Å². The molecule has 7 nitrogen and oxygen atoms in total. The van der Waals surface area contributed by atoms with Gasteiger partial charge in [-0.2, -0.15) is 0 Å². The average Bonchev–Trinajstić information content (AvgIpc) is 3.12. The molecule has 0 radical (unpaired) electrons. The van der Waals surface area contributed by atoms with Crippen molar-refractivity contribution in [2.45, 2.75) is 19.4 Å². The third-order valence-corrected chi connectivity index (χ3v) is 5.48. The predicted molar refractivity (Wildman–Crippen MR) is 132 cm³/mol. The molecular weight excluding hydrogens is 435 g/mol. The van der Waals surface area contributed by atoms with Gasteiger partial charge in [0.1, 0.15) is 5.82 Å². The summed E-state index contributed by atoms with van der Waals surface area (Å²) in [5.74, 6) is -0.785. The van der Waals surface area contributed by atoms with Crippen LogP contribution in [0.4, 0.5) is 26.2 Å². The zero-order chi connectivity index (χ0) is 24.5. The predicted octanol–water partition coefficient (Wildman–Crippen LogP) is 5.13. The van der Waals surface area contributed by atoms with Crippen molar-refractivity contribution in [3.63, 3.8) is 0 Å². The van der Waals surface area contributed by atoms with Crippen LogP contribution in [0.1, 0.15) is 30.5 Å². The van der Waals surface area contributed by atoms with Gasteiger partial charge in [-0.15, -0.1) is 0 Å². The van der Waals surface area contributed by atoms with Crippen molar-refractivity contribution in [2.24, 2.45) is 5.73 Å². The van der Waals surface area contributed by atoms with Crippen LogP contribution in [0.15, 0.2) is 66.7 Å². The topological polar surface area (TPSA) is 105 Å². The number of nitrogens with two attached hydrogens (primary N) is 1. The highest BCUT2D eigenvalue weighted by Gasteiger charge is 2.29. The lowest BCUT2D eigenvalue weighted by Gasteiger charge is -2.20. The van der Waals surface area contributed by atoms with E-state index in [1.54, 1.807) is 30.3 Å². The molecule has 3 aromatic carbocycles. The van der Waals surface area contributed by atoms with Crippen LogP contribution in [0.3, 0.4) is 0 Å². The molecule has 0 atom stereocenters. The maximum atomic E-state index is 13.8. The minimum atomic E-state index is -0.585. The second-order valence-corrected chi connectivity index (χ2v) is 8.51. The van der Waals surface area contributed by atoms with E-state index < -0.39 is 17.4 Å². The first-order valence-electron chi connectivity index (χ1n) is 10.6. The van der Waals surface area contributed by atoms with Gasteiger partial charge in [-0.3, -0.25) is 10.1 Å². The average molecular weight is 461 g/mol. The van der Waals surface area contributed by atoms with Crippen LogP contribution in [0.5, 0.6) is 0 Å². The number of hydrogen-bond acceptors (Lipinski definition) is 5. The van der Waals surface area contributed by atoms with Crippen molar-refractivity contribution in [3.05, 3.63) is 89.2 Å². The molecule has 34 heavy (non-hydrogen) atoms.